The van der Waals surface area contributed by atoms with E-state index < -0.39 is 36.6 Å². The van der Waals surface area contributed by atoms with Crippen molar-refractivity contribution < 1.29 is 29.9 Å². The first kappa shape index (κ1) is 16.2. The molecule has 0 spiro atoms. The average Bonchev–Trinajstić information content (AvgIpc) is 2.49. The zero-order valence-corrected chi connectivity index (χ0v) is 12.1. The third-order valence-electron chi connectivity index (χ3n) is 3.99. The molecule has 1 aromatic carbocycles. The number of aliphatic hydroxyl groups is 4. The lowest BCUT2D eigenvalue weighted by atomic mass is 9.85. The standard InChI is InChI=1S/C15H22O6/c1-8-13(17)14(18)11(15(19)21-8)7-12(16)9-3-5-10(20-2)6-4-9/h3-6,8,11-19H,7H2,1-2H3/t8-,11+,12?,13-,14-,15?/m1/s1. The van der Waals surface area contributed by atoms with Crippen LogP contribution < -0.4 is 4.74 Å². The summed E-state index contributed by atoms with van der Waals surface area (Å²) in [5.41, 5.74) is 0.642. The Balaban J connectivity index is 2.05. The van der Waals surface area contributed by atoms with E-state index in [0.29, 0.717) is 11.3 Å². The van der Waals surface area contributed by atoms with Crippen molar-refractivity contribution in [1.29, 1.82) is 0 Å². The number of ether oxygens (including phenoxy) is 2. The van der Waals surface area contributed by atoms with E-state index in [0.717, 1.165) is 0 Å². The molecule has 118 valence electrons. The fourth-order valence-corrected chi connectivity index (χ4v) is 2.58. The Morgan fingerprint density at radius 3 is 2.33 bits per heavy atom. The first-order valence-electron chi connectivity index (χ1n) is 6.95. The molecule has 1 aromatic rings. The second kappa shape index (κ2) is 6.72. The van der Waals surface area contributed by atoms with Crippen molar-refractivity contribution in [3.63, 3.8) is 0 Å². The van der Waals surface area contributed by atoms with Crippen LogP contribution in [0.4, 0.5) is 0 Å². The highest BCUT2D eigenvalue weighted by Gasteiger charge is 2.42. The first-order chi connectivity index (χ1) is 9.93. The van der Waals surface area contributed by atoms with E-state index in [2.05, 4.69) is 0 Å². The van der Waals surface area contributed by atoms with Gasteiger partial charge in [-0.2, -0.15) is 0 Å². The molecule has 2 rings (SSSR count). The van der Waals surface area contributed by atoms with E-state index >= 15 is 0 Å². The quantitative estimate of drug-likeness (QED) is 0.633. The number of methoxy groups -OCH3 is 1. The highest BCUT2D eigenvalue weighted by atomic mass is 16.6. The van der Waals surface area contributed by atoms with E-state index in [1.165, 1.54) is 0 Å². The molecular formula is C15H22O6. The molecule has 0 amide bonds. The summed E-state index contributed by atoms with van der Waals surface area (Å²) in [6.07, 6.45) is -4.89. The van der Waals surface area contributed by atoms with Crippen LogP contribution in [0.5, 0.6) is 5.75 Å². The molecule has 21 heavy (non-hydrogen) atoms. The second-order valence-corrected chi connectivity index (χ2v) is 5.40. The molecule has 1 aliphatic rings. The monoisotopic (exact) mass is 298 g/mol. The molecule has 0 saturated carbocycles. The van der Waals surface area contributed by atoms with Crippen molar-refractivity contribution in [3.8, 4) is 5.75 Å². The minimum atomic E-state index is -1.22. The normalized spacial score (nSPS) is 34.5. The minimum Gasteiger partial charge on any atom is -0.497 e. The molecule has 0 radical (unpaired) electrons. The van der Waals surface area contributed by atoms with Gasteiger partial charge in [0, 0.05) is 5.92 Å². The van der Waals surface area contributed by atoms with Crippen LogP contribution >= 0.6 is 0 Å². The van der Waals surface area contributed by atoms with Gasteiger partial charge in [-0.3, -0.25) is 0 Å². The fraction of sp³-hybridized carbons (Fsp3) is 0.600. The van der Waals surface area contributed by atoms with Crippen LogP contribution in [-0.4, -0.2) is 52.1 Å². The van der Waals surface area contributed by atoms with Crippen molar-refractivity contribution in [1.82, 2.24) is 0 Å². The first-order valence-corrected chi connectivity index (χ1v) is 6.95. The van der Waals surface area contributed by atoms with Crippen molar-refractivity contribution in [2.75, 3.05) is 7.11 Å². The summed E-state index contributed by atoms with van der Waals surface area (Å²) >= 11 is 0. The Labute approximate surface area is 123 Å². The molecule has 6 atom stereocenters. The third-order valence-corrected chi connectivity index (χ3v) is 3.99. The lowest BCUT2D eigenvalue weighted by Crippen LogP contribution is -2.53. The number of hydrogen-bond acceptors (Lipinski definition) is 6. The smallest absolute Gasteiger partial charge is 0.160 e. The van der Waals surface area contributed by atoms with E-state index in [-0.39, 0.29) is 6.42 Å². The van der Waals surface area contributed by atoms with E-state index in [1.54, 1.807) is 38.3 Å². The lowest BCUT2D eigenvalue weighted by Gasteiger charge is -2.40. The summed E-state index contributed by atoms with van der Waals surface area (Å²) in [6.45, 7) is 1.58. The highest BCUT2D eigenvalue weighted by Crippen LogP contribution is 2.32. The molecule has 1 saturated heterocycles. The van der Waals surface area contributed by atoms with Crippen molar-refractivity contribution >= 4 is 0 Å². The fourth-order valence-electron chi connectivity index (χ4n) is 2.58. The number of aliphatic hydroxyl groups excluding tert-OH is 4. The van der Waals surface area contributed by atoms with Gasteiger partial charge in [0.25, 0.3) is 0 Å². The highest BCUT2D eigenvalue weighted by molar-refractivity contribution is 5.28. The molecule has 1 heterocycles. The molecule has 0 aromatic heterocycles. The van der Waals surface area contributed by atoms with Gasteiger partial charge in [0.2, 0.25) is 0 Å². The van der Waals surface area contributed by atoms with E-state index in [4.69, 9.17) is 9.47 Å². The summed E-state index contributed by atoms with van der Waals surface area (Å²) in [7, 11) is 1.56. The number of rotatable bonds is 4. The Hall–Kier alpha value is -1.18. The zero-order chi connectivity index (χ0) is 15.6. The van der Waals surface area contributed by atoms with Gasteiger partial charge in [-0.1, -0.05) is 12.1 Å². The van der Waals surface area contributed by atoms with Gasteiger partial charge < -0.3 is 29.9 Å². The second-order valence-electron chi connectivity index (χ2n) is 5.40. The van der Waals surface area contributed by atoms with E-state index in [1.807, 2.05) is 0 Å². The van der Waals surface area contributed by atoms with Crippen LogP contribution in [0.2, 0.25) is 0 Å². The van der Waals surface area contributed by atoms with Gasteiger partial charge in [-0.15, -0.1) is 0 Å². The van der Waals surface area contributed by atoms with Crippen LogP contribution in [0, 0.1) is 5.92 Å². The molecule has 6 nitrogen and oxygen atoms in total. The van der Waals surface area contributed by atoms with E-state index in [9.17, 15) is 20.4 Å². The van der Waals surface area contributed by atoms with Gasteiger partial charge in [-0.05, 0) is 31.0 Å². The molecule has 0 aliphatic carbocycles. The Bertz CT molecular complexity index is 448. The molecule has 6 heteroatoms. The van der Waals surface area contributed by atoms with Crippen molar-refractivity contribution in [3.05, 3.63) is 29.8 Å². The zero-order valence-electron chi connectivity index (χ0n) is 12.1. The molecule has 0 bridgehead atoms. The molecular weight excluding hydrogens is 276 g/mol. The van der Waals surface area contributed by atoms with Gasteiger partial charge in [-0.25, -0.2) is 0 Å². The maximum atomic E-state index is 10.2. The van der Waals surface area contributed by atoms with Gasteiger partial charge in [0.1, 0.15) is 11.9 Å². The maximum absolute atomic E-state index is 10.2. The van der Waals surface area contributed by atoms with Crippen molar-refractivity contribution in [2.24, 2.45) is 5.92 Å². The lowest BCUT2D eigenvalue weighted by molar-refractivity contribution is -0.263. The van der Waals surface area contributed by atoms with Crippen LogP contribution in [0.15, 0.2) is 24.3 Å². The average molecular weight is 298 g/mol. The summed E-state index contributed by atoms with van der Waals surface area (Å²) < 4.78 is 10.2. The largest absolute Gasteiger partial charge is 0.497 e. The van der Waals surface area contributed by atoms with Crippen LogP contribution in [0.3, 0.4) is 0 Å². The van der Waals surface area contributed by atoms with Crippen LogP contribution in [-0.2, 0) is 4.74 Å². The predicted octanol–water partition coefficient (Wildman–Crippen LogP) is 0.194. The maximum Gasteiger partial charge on any atom is 0.160 e. The molecule has 1 aliphatic heterocycles. The summed E-state index contributed by atoms with van der Waals surface area (Å²) in [6, 6.07) is 6.87. The van der Waals surface area contributed by atoms with Gasteiger partial charge >= 0.3 is 0 Å². The third kappa shape index (κ3) is 3.53. The molecule has 2 unspecified atom stereocenters. The summed E-state index contributed by atoms with van der Waals surface area (Å²) in [5, 5.41) is 39.9. The summed E-state index contributed by atoms with van der Waals surface area (Å²) in [4.78, 5) is 0. The van der Waals surface area contributed by atoms with Crippen molar-refractivity contribution in [2.45, 2.75) is 44.1 Å². The summed E-state index contributed by atoms with van der Waals surface area (Å²) in [5.74, 6) is -0.0791. The van der Waals surface area contributed by atoms with Crippen LogP contribution in [0.25, 0.3) is 0 Å². The van der Waals surface area contributed by atoms with Gasteiger partial charge in [0.15, 0.2) is 6.29 Å². The number of hydrogen-bond donors (Lipinski definition) is 4. The molecule has 1 fully saturated rings. The molecule has 4 N–H and O–H groups in total. The Morgan fingerprint density at radius 2 is 1.76 bits per heavy atom. The topological polar surface area (TPSA) is 99.4 Å². The Kier molecular flexibility index (Phi) is 5.18. The minimum absolute atomic E-state index is 0.0818. The van der Waals surface area contributed by atoms with Crippen LogP contribution in [0.1, 0.15) is 25.0 Å². The predicted molar refractivity (Wildman–Crippen MR) is 74.6 cm³/mol. The number of benzene rings is 1. The Morgan fingerprint density at radius 1 is 1.14 bits per heavy atom. The van der Waals surface area contributed by atoms with Gasteiger partial charge in [0.05, 0.1) is 25.4 Å². The SMILES string of the molecule is COc1ccc(C(O)C[C@@H]2C(O)O[C@H](C)[C@@H](O)[C@@H]2O)cc1.